The fourth-order valence-electron chi connectivity index (χ4n) is 3.22. The molecule has 6 heteroatoms. The number of carboxylic acid groups (broad SMARTS) is 1. The van der Waals surface area contributed by atoms with Gasteiger partial charge in [-0.1, -0.05) is 24.3 Å². The lowest BCUT2D eigenvalue weighted by molar-refractivity contribution is -0.255. The molecule has 0 aliphatic carbocycles. The van der Waals surface area contributed by atoms with E-state index < -0.39 is 11.4 Å². The molecule has 1 saturated heterocycles. The molecule has 1 amide bonds. The number of carbonyl (C=O) groups excluding carboxylic acids is 2. The number of carbonyl (C=O) groups is 2. The standard InChI is InChI=1S/C20H21NO5/c1-25-17-8-4-15(5-9-17)20(10-12-26-13-11-20)19(24)21-16-6-2-14(3-7-16)18(22)23/h2-9H,10-13H2,1H3,(H,21,24)(H,22,23)/p-1. The van der Waals surface area contributed by atoms with Crippen molar-refractivity contribution in [3.63, 3.8) is 0 Å². The predicted octanol–water partition coefficient (Wildman–Crippen LogP) is 1.75. The van der Waals surface area contributed by atoms with Gasteiger partial charge in [0.05, 0.1) is 18.5 Å². The molecular formula is C20H20NO5-. The van der Waals surface area contributed by atoms with Crippen molar-refractivity contribution in [2.45, 2.75) is 18.3 Å². The molecule has 26 heavy (non-hydrogen) atoms. The summed E-state index contributed by atoms with van der Waals surface area (Å²) in [4.78, 5) is 24.0. The number of hydrogen-bond acceptors (Lipinski definition) is 5. The number of benzene rings is 2. The van der Waals surface area contributed by atoms with Crippen LogP contribution in [0.3, 0.4) is 0 Å². The number of amides is 1. The number of ether oxygens (including phenoxy) is 2. The fourth-order valence-corrected chi connectivity index (χ4v) is 3.22. The van der Waals surface area contributed by atoms with E-state index in [0.29, 0.717) is 31.7 Å². The molecule has 2 aromatic rings. The Bertz CT molecular complexity index is 777. The quantitative estimate of drug-likeness (QED) is 0.884. The summed E-state index contributed by atoms with van der Waals surface area (Å²) in [6.45, 7) is 1.01. The summed E-state index contributed by atoms with van der Waals surface area (Å²) in [6.07, 6.45) is 1.14. The Morgan fingerprint density at radius 3 is 2.19 bits per heavy atom. The van der Waals surface area contributed by atoms with Gasteiger partial charge in [0.2, 0.25) is 5.91 Å². The molecule has 3 rings (SSSR count). The van der Waals surface area contributed by atoms with E-state index in [1.807, 2.05) is 24.3 Å². The second-order valence-electron chi connectivity index (χ2n) is 6.24. The van der Waals surface area contributed by atoms with Crippen LogP contribution in [0.1, 0.15) is 28.8 Å². The number of anilines is 1. The van der Waals surface area contributed by atoms with Crippen LogP contribution in [0.25, 0.3) is 0 Å². The van der Waals surface area contributed by atoms with Gasteiger partial charge in [-0.05, 0) is 48.2 Å². The Kier molecular flexibility index (Phi) is 5.23. The molecular weight excluding hydrogens is 334 g/mol. The van der Waals surface area contributed by atoms with Gasteiger partial charge in [0.1, 0.15) is 5.75 Å². The van der Waals surface area contributed by atoms with Crippen LogP contribution in [-0.4, -0.2) is 32.2 Å². The van der Waals surface area contributed by atoms with Crippen molar-refractivity contribution < 1.29 is 24.2 Å². The molecule has 0 bridgehead atoms. The van der Waals surface area contributed by atoms with Crippen molar-refractivity contribution in [2.75, 3.05) is 25.6 Å². The smallest absolute Gasteiger partial charge is 0.235 e. The van der Waals surface area contributed by atoms with Crippen molar-refractivity contribution in [3.05, 3.63) is 59.7 Å². The molecule has 0 radical (unpaired) electrons. The van der Waals surface area contributed by atoms with E-state index in [-0.39, 0.29) is 11.5 Å². The molecule has 1 heterocycles. The van der Waals surface area contributed by atoms with Gasteiger partial charge in [-0.15, -0.1) is 0 Å². The number of carboxylic acids is 1. The second kappa shape index (κ2) is 7.58. The van der Waals surface area contributed by atoms with Gasteiger partial charge >= 0.3 is 0 Å². The normalized spacial score (nSPS) is 15.9. The Hall–Kier alpha value is -2.86. The largest absolute Gasteiger partial charge is 0.545 e. The summed E-state index contributed by atoms with van der Waals surface area (Å²) < 4.78 is 10.7. The van der Waals surface area contributed by atoms with E-state index in [9.17, 15) is 14.7 Å². The average Bonchev–Trinajstić information content (AvgIpc) is 2.69. The lowest BCUT2D eigenvalue weighted by Gasteiger charge is -2.36. The lowest BCUT2D eigenvalue weighted by Crippen LogP contribution is -2.44. The van der Waals surface area contributed by atoms with Gasteiger partial charge in [0.15, 0.2) is 0 Å². The zero-order valence-corrected chi connectivity index (χ0v) is 14.5. The van der Waals surface area contributed by atoms with Crippen molar-refractivity contribution in [3.8, 4) is 5.75 Å². The van der Waals surface area contributed by atoms with Crippen LogP contribution in [-0.2, 0) is 14.9 Å². The number of methoxy groups -OCH3 is 1. The highest BCUT2D eigenvalue weighted by molar-refractivity contribution is 5.99. The van der Waals surface area contributed by atoms with Crippen LogP contribution in [0.5, 0.6) is 5.75 Å². The predicted molar refractivity (Wildman–Crippen MR) is 94.1 cm³/mol. The fraction of sp³-hybridized carbons (Fsp3) is 0.300. The van der Waals surface area contributed by atoms with E-state index in [2.05, 4.69) is 5.32 Å². The van der Waals surface area contributed by atoms with Gasteiger partial charge in [0, 0.05) is 18.9 Å². The lowest BCUT2D eigenvalue weighted by atomic mass is 9.73. The highest BCUT2D eigenvalue weighted by Crippen LogP contribution is 2.37. The molecule has 1 fully saturated rings. The first-order valence-electron chi connectivity index (χ1n) is 8.40. The summed E-state index contributed by atoms with van der Waals surface area (Å²) in [5, 5.41) is 13.8. The van der Waals surface area contributed by atoms with Gasteiger partial charge < -0.3 is 24.7 Å². The minimum Gasteiger partial charge on any atom is -0.545 e. The van der Waals surface area contributed by atoms with Crippen molar-refractivity contribution in [1.29, 1.82) is 0 Å². The number of hydrogen-bond donors (Lipinski definition) is 1. The summed E-state index contributed by atoms with van der Waals surface area (Å²) in [6, 6.07) is 13.4. The molecule has 1 N–H and O–H groups in total. The third-order valence-corrected chi connectivity index (χ3v) is 4.80. The maximum atomic E-state index is 13.1. The molecule has 0 saturated carbocycles. The third kappa shape index (κ3) is 3.55. The third-order valence-electron chi connectivity index (χ3n) is 4.80. The van der Waals surface area contributed by atoms with Gasteiger partial charge in [0.25, 0.3) is 0 Å². The molecule has 0 spiro atoms. The first-order chi connectivity index (χ1) is 12.5. The molecule has 0 unspecified atom stereocenters. The number of aromatic carboxylic acids is 1. The molecule has 136 valence electrons. The maximum Gasteiger partial charge on any atom is 0.235 e. The zero-order chi connectivity index (χ0) is 18.6. The van der Waals surface area contributed by atoms with Crippen LogP contribution in [0.4, 0.5) is 5.69 Å². The Balaban J connectivity index is 1.86. The Morgan fingerprint density at radius 1 is 1.04 bits per heavy atom. The van der Waals surface area contributed by atoms with Crippen LogP contribution in [0, 0.1) is 0 Å². The van der Waals surface area contributed by atoms with Crippen molar-refractivity contribution in [1.82, 2.24) is 0 Å². The van der Waals surface area contributed by atoms with Gasteiger partial charge in [-0.3, -0.25) is 4.79 Å². The minimum atomic E-state index is -1.25. The summed E-state index contributed by atoms with van der Waals surface area (Å²) in [5.74, 6) is -0.650. The van der Waals surface area contributed by atoms with E-state index in [1.54, 1.807) is 19.2 Å². The molecule has 6 nitrogen and oxygen atoms in total. The van der Waals surface area contributed by atoms with E-state index >= 15 is 0 Å². The molecule has 1 aliphatic rings. The minimum absolute atomic E-state index is 0.0685. The molecule has 0 atom stereocenters. The van der Waals surface area contributed by atoms with E-state index in [4.69, 9.17) is 9.47 Å². The second-order valence-corrected chi connectivity index (χ2v) is 6.24. The van der Waals surface area contributed by atoms with Crippen LogP contribution >= 0.6 is 0 Å². The van der Waals surface area contributed by atoms with E-state index in [1.165, 1.54) is 12.1 Å². The maximum absolute atomic E-state index is 13.1. The summed E-state index contributed by atoms with van der Waals surface area (Å²) >= 11 is 0. The first-order valence-corrected chi connectivity index (χ1v) is 8.40. The van der Waals surface area contributed by atoms with E-state index in [0.717, 1.165) is 11.3 Å². The van der Waals surface area contributed by atoms with Crippen LogP contribution < -0.4 is 15.2 Å². The Morgan fingerprint density at radius 2 is 1.65 bits per heavy atom. The SMILES string of the molecule is COc1ccc(C2(C(=O)Nc3ccc(C(=O)[O-])cc3)CCOCC2)cc1. The van der Waals surface area contributed by atoms with Crippen molar-refractivity contribution >= 4 is 17.6 Å². The summed E-state index contributed by atoms with van der Waals surface area (Å²) in [5.41, 5.74) is 0.820. The number of nitrogens with one attached hydrogen (secondary N) is 1. The first kappa shape index (κ1) is 17.9. The highest BCUT2D eigenvalue weighted by Gasteiger charge is 2.41. The van der Waals surface area contributed by atoms with Crippen molar-refractivity contribution in [2.24, 2.45) is 0 Å². The number of rotatable bonds is 5. The summed E-state index contributed by atoms with van der Waals surface area (Å²) in [7, 11) is 1.60. The topological polar surface area (TPSA) is 87.7 Å². The van der Waals surface area contributed by atoms with Gasteiger partial charge in [-0.2, -0.15) is 0 Å². The van der Waals surface area contributed by atoms with Gasteiger partial charge in [-0.25, -0.2) is 0 Å². The average molecular weight is 354 g/mol. The monoisotopic (exact) mass is 354 g/mol. The molecule has 2 aromatic carbocycles. The van der Waals surface area contributed by atoms with Crippen LogP contribution in [0.15, 0.2) is 48.5 Å². The molecule has 0 aromatic heterocycles. The highest BCUT2D eigenvalue weighted by atomic mass is 16.5. The molecule has 1 aliphatic heterocycles. The Labute approximate surface area is 151 Å². The van der Waals surface area contributed by atoms with Crippen LogP contribution in [0.2, 0.25) is 0 Å². The zero-order valence-electron chi connectivity index (χ0n) is 14.5.